The summed E-state index contributed by atoms with van der Waals surface area (Å²) in [4.78, 5) is 2.38. The van der Waals surface area contributed by atoms with E-state index in [4.69, 9.17) is 0 Å². The third kappa shape index (κ3) is 9.41. The summed E-state index contributed by atoms with van der Waals surface area (Å²) in [5, 5.41) is 16.7. The molecule has 0 unspecified atom stereocenters. The first kappa shape index (κ1) is 25.7. The van der Waals surface area contributed by atoms with Crippen LogP contribution in [0.3, 0.4) is 0 Å². The number of likely N-dealkylation sites (N-methyl/N-ethyl adjacent to an activating group) is 2. The Morgan fingerprint density at radius 2 is 1.43 bits per heavy atom. The van der Waals surface area contributed by atoms with E-state index in [1.54, 1.807) is 6.21 Å². The molecule has 0 heterocycles. The second kappa shape index (κ2) is 12.3. The van der Waals surface area contributed by atoms with Crippen molar-refractivity contribution in [2.75, 3.05) is 45.7 Å². The Labute approximate surface area is 191 Å². The third-order valence-electron chi connectivity index (χ3n) is 4.28. The van der Waals surface area contributed by atoms with Gasteiger partial charge in [0.15, 0.2) is 0 Å². The van der Waals surface area contributed by atoms with Crippen LogP contribution in [-0.2, 0) is 0 Å². The highest BCUT2D eigenvalue weighted by Crippen LogP contribution is 2.22. The molecule has 0 radical (unpaired) electrons. The van der Waals surface area contributed by atoms with Crippen molar-refractivity contribution in [3.05, 3.63) is 54.1 Å². The first-order chi connectivity index (χ1) is 13.8. The second-order valence-corrected chi connectivity index (χ2v) is 8.19. The fourth-order valence-corrected chi connectivity index (χ4v) is 2.57. The monoisotopic (exact) mass is 472 g/mol. The maximum atomic E-state index is 4.35. The van der Waals surface area contributed by atoms with Crippen LogP contribution in [0, 0.1) is 0 Å². The number of nitrogens with zero attached hydrogens (tertiary/aromatic N) is 6. The highest BCUT2D eigenvalue weighted by molar-refractivity contribution is 5.83. The van der Waals surface area contributed by atoms with Gasteiger partial charge in [0.1, 0.15) is 0 Å². The number of hydrogen-bond donors (Lipinski definition) is 0. The van der Waals surface area contributed by atoms with Gasteiger partial charge in [0.05, 0.1) is 51.8 Å². The van der Waals surface area contributed by atoms with Crippen molar-refractivity contribution in [3.63, 3.8) is 0 Å². The van der Waals surface area contributed by atoms with E-state index < -0.39 is 0 Å². The lowest BCUT2D eigenvalue weighted by atomic mass is 10.2. The van der Waals surface area contributed by atoms with E-state index in [2.05, 4.69) is 65.5 Å². The van der Waals surface area contributed by atoms with E-state index in [1.165, 1.54) is 5.69 Å². The van der Waals surface area contributed by atoms with Gasteiger partial charge in [-0.3, -0.25) is 0 Å². The first-order valence-corrected chi connectivity index (χ1v) is 9.98. The molecular weight excluding hydrogens is 440 g/mol. The predicted molar refractivity (Wildman–Crippen MR) is 124 cm³/mol. The first-order valence-electron chi connectivity index (χ1n) is 9.98. The predicted octanol–water partition coefficient (Wildman–Crippen LogP) is 2.45. The van der Waals surface area contributed by atoms with Gasteiger partial charge in [-0.05, 0) is 62.7 Å². The molecule has 0 aliphatic rings. The molecule has 0 saturated heterocycles. The number of anilines is 1. The number of azo groups is 1. The minimum atomic E-state index is 0. The molecule has 0 N–H and O–H groups in total. The molecule has 0 aliphatic carbocycles. The zero-order chi connectivity index (χ0) is 21.3. The van der Waals surface area contributed by atoms with Gasteiger partial charge in [0, 0.05) is 17.9 Å². The molecular formula is C23H33BrN6. The van der Waals surface area contributed by atoms with Crippen LogP contribution in [0.1, 0.15) is 26.3 Å². The van der Waals surface area contributed by atoms with Crippen LogP contribution < -0.4 is 21.9 Å². The van der Waals surface area contributed by atoms with Gasteiger partial charge in [-0.1, -0.05) is 12.1 Å². The number of halogens is 1. The Hall–Kier alpha value is -2.38. The number of hydrogen-bond acceptors (Lipinski definition) is 5. The average Bonchev–Trinajstić information content (AvgIpc) is 2.67. The SMILES string of the molecule is CCN(CC[N+](C)(C)C)c1ccc(N=Nc2ccc(C=NN=C(C)C)cc2)cc1.[Br-]. The quantitative estimate of drug-likeness (QED) is 0.239. The minimum Gasteiger partial charge on any atom is -1.00 e. The van der Waals surface area contributed by atoms with Crippen LogP contribution in [0.25, 0.3) is 0 Å². The van der Waals surface area contributed by atoms with Gasteiger partial charge in [-0.2, -0.15) is 20.4 Å². The van der Waals surface area contributed by atoms with Gasteiger partial charge in [0.2, 0.25) is 0 Å². The molecule has 2 rings (SSSR count). The third-order valence-corrected chi connectivity index (χ3v) is 4.28. The molecule has 7 heteroatoms. The Kier molecular flexibility index (Phi) is 10.6. The van der Waals surface area contributed by atoms with E-state index in [-0.39, 0.29) is 17.0 Å². The van der Waals surface area contributed by atoms with Gasteiger partial charge < -0.3 is 26.4 Å². The van der Waals surface area contributed by atoms with E-state index in [1.807, 2.05) is 50.2 Å². The fraction of sp³-hybridized carbons (Fsp3) is 0.391. The van der Waals surface area contributed by atoms with Crippen LogP contribution in [-0.4, -0.2) is 57.2 Å². The molecule has 6 nitrogen and oxygen atoms in total. The zero-order valence-electron chi connectivity index (χ0n) is 18.9. The summed E-state index contributed by atoms with van der Waals surface area (Å²) in [6, 6.07) is 16.0. The van der Waals surface area contributed by atoms with Crippen molar-refractivity contribution < 1.29 is 21.5 Å². The van der Waals surface area contributed by atoms with Crippen molar-refractivity contribution in [1.82, 2.24) is 0 Å². The molecule has 30 heavy (non-hydrogen) atoms. The standard InChI is InChI=1S/C23H33N6.BrH/c1-7-28(16-17-29(4,5)6)23-14-12-22(13-15-23)27-26-21-10-8-20(9-11-21)18-24-25-19(2)3;/h8-15,18H,7,16-17H2,1-6H3;1H/q+1;/p-1. The minimum absolute atomic E-state index is 0. The molecule has 0 spiro atoms. The van der Waals surface area contributed by atoms with Gasteiger partial charge in [0.25, 0.3) is 0 Å². The summed E-state index contributed by atoms with van der Waals surface area (Å²) in [6.45, 7) is 9.13. The summed E-state index contributed by atoms with van der Waals surface area (Å²) in [6.07, 6.45) is 1.73. The van der Waals surface area contributed by atoms with E-state index >= 15 is 0 Å². The van der Waals surface area contributed by atoms with Crippen molar-refractivity contribution in [1.29, 1.82) is 0 Å². The lowest BCUT2D eigenvalue weighted by molar-refractivity contribution is -0.868. The summed E-state index contributed by atoms with van der Waals surface area (Å²) >= 11 is 0. The Bertz CT molecular complexity index is 845. The number of rotatable bonds is 9. The molecule has 162 valence electrons. The Balaban J connectivity index is 0.00000450. The fourth-order valence-electron chi connectivity index (χ4n) is 2.57. The molecule has 0 saturated carbocycles. The van der Waals surface area contributed by atoms with E-state index in [0.717, 1.165) is 46.8 Å². The lowest BCUT2D eigenvalue weighted by Gasteiger charge is -2.29. The summed E-state index contributed by atoms with van der Waals surface area (Å²) in [7, 11) is 6.66. The lowest BCUT2D eigenvalue weighted by Crippen LogP contribution is -3.00. The van der Waals surface area contributed by atoms with Crippen molar-refractivity contribution >= 4 is 29.0 Å². The highest BCUT2D eigenvalue weighted by Gasteiger charge is 2.11. The van der Waals surface area contributed by atoms with E-state index in [9.17, 15) is 0 Å². The van der Waals surface area contributed by atoms with Crippen molar-refractivity contribution in [2.24, 2.45) is 20.4 Å². The maximum absolute atomic E-state index is 4.35. The molecule has 2 aromatic carbocycles. The maximum Gasteiger partial charge on any atom is 0.0958 e. The smallest absolute Gasteiger partial charge is 0.0958 e. The molecule has 0 aromatic heterocycles. The molecule has 2 aromatic rings. The van der Waals surface area contributed by atoms with Gasteiger partial charge in [-0.15, -0.1) is 0 Å². The Morgan fingerprint density at radius 3 is 1.90 bits per heavy atom. The molecule has 0 fully saturated rings. The average molecular weight is 473 g/mol. The zero-order valence-corrected chi connectivity index (χ0v) is 20.5. The van der Waals surface area contributed by atoms with Crippen LogP contribution in [0.5, 0.6) is 0 Å². The summed E-state index contributed by atoms with van der Waals surface area (Å²) < 4.78 is 0.957. The summed E-state index contributed by atoms with van der Waals surface area (Å²) in [5.41, 5.74) is 4.77. The van der Waals surface area contributed by atoms with Gasteiger partial charge in [-0.25, -0.2) is 0 Å². The van der Waals surface area contributed by atoms with Crippen LogP contribution >= 0.6 is 0 Å². The van der Waals surface area contributed by atoms with Gasteiger partial charge >= 0.3 is 0 Å². The van der Waals surface area contributed by atoms with Crippen LogP contribution in [0.15, 0.2) is 69.0 Å². The molecule has 0 aliphatic heterocycles. The number of benzene rings is 2. The van der Waals surface area contributed by atoms with Crippen LogP contribution in [0.2, 0.25) is 0 Å². The second-order valence-electron chi connectivity index (χ2n) is 8.19. The van der Waals surface area contributed by atoms with Crippen molar-refractivity contribution in [3.8, 4) is 0 Å². The molecule has 0 bridgehead atoms. The largest absolute Gasteiger partial charge is 1.00 e. The van der Waals surface area contributed by atoms with Crippen molar-refractivity contribution in [2.45, 2.75) is 20.8 Å². The number of quaternary nitrogens is 1. The van der Waals surface area contributed by atoms with Crippen LogP contribution in [0.4, 0.5) is 17.1 Å². The molecule has 0 amide bonds. The topological polar surface area (TPSA) is 52.7 Å². The van der Waals surface area contributed by atoms with E-state index in [0.29, 0.717) is 0 Å². The highest BCUT2D eigenvalue weighted by atomic mass is 79.9. The summed E-state index contributed by atoms with van der Waals surface area (Å²) in [5.74, 6) is 0. The molecule has 0 atom stereocenters. The Morgan fingerprint density at radius 1 is 0.900 bits per heavy atom. The normalized spacial score (nSPS) is 11.5.